The van der Waals surface area contributed by atoms with E-state index in [4.69, 9.17) is 13.9 Å². The maximum absolute atomic E-state index is 12.7. The molecule has 1 aliphatic rings. The van der Waals surface area contributed by atoms with Gasteiger partial charge in [-0.15, -0.1) is 0 Å². The number of amides is 2. The largest absolute Gasteiger partial charge is 0.492 e. The molecule has 1 saturated heterocycles. The second-order valence-electron chi connectivity index (χ2n) is 7.24. The molecular weight excluding hydrogens is 442 g/mol. The number of carbonyl (C=O) groups excluding carboxylic acids is 3. The third-order valence-electron chi connectivity index (χ3n) is 4.94. The number of hydrogen-bond acceptors (Lipinski definition) is 7. The van der Waals surface area contributed by atoms with Crippen molar-refractivity contribution in [1.29, 1.82) is 0 Å². The van der Waals surface area contributed by atoms with Gasteiger partial charge < -0.3 is 13.9 Å². The van der Waals surface area contributed by atoms with E-state index in [1.165, 1.54) is 13.2 Å². The van der Waals surface area contributed by atoms with E-state index >= 15 is 0 Å². The molecule has 0 atom stereocenters. The predicted molar refractivity (Wildman–Crippen MR) is 125 cm³/mol. The number of aryl methyl sites for hydroxylation is 1. The number of nitrogens with zero attached hydrogens (tertiary/aromatic N) is 1. The fourth-order valence-corrected chi connectivity index (χ4v) is 4.19. The van der Waals surface area contributed by atoms with Gasteiger partial charge in [-0.05, 0) is 54.6 Å². The monoisotopic (exact) mass is 463 g/mol. The van der Waals surface area contributed by atoms with Crippen LogP contribution >= 0.6 is 11.8 Å². The van der Waals surface area contributed by atoms with Gasteiger partial charge in [-0.1, -0.05) is 30.3 Å². The van der Waals surface area contributed by atoms with Crippen LogP contribution in [0.15, 0.2) is 70.0 Å². The summed E-state index contributed by atoms with van der Waals surface area (Å²) in [5, 5.41) is -0.359. The number of benzene rings is 2. The lowest BCUT2D eigenvalue weighted by atomic mass is 10.1. The average Bonchev–Trinajstić information content (AvgIpc) is 3.38. The zero-order chi connectivity index (χ0) is 23.4. The fourth-order valence-electron chi connectivity index (χ4n) is 3.34. The lowest BCUT2D eigenvalue weighted by Crippen LogP contribution is -2.32. The number of rotatable bonds is 7. The van der Waals surface area contributed by atoms with Gasteiger partial charge in [-0.2, -0.15) is 0 Å². The normalized spacial score (nSPS) is 14.7. The van der Waals surface area contributed by atoms with E-state index in [0.29, 0.717) is 28.4 Å². The van der Waals surface area contributed by atoms with Gasteiger partial charge in [0.05, 0.1) is 24.1 Å². The third-order valence-corrected chi connectivity index (χ3v) is 5.85. The average molecular weight is 464 g/mol. The van der Waals surface area contributed by atoms with E-state index in [-0.39, 0.29) is 23.3 Å². The predicted octanol–water partition coefficient (Wildman–Crippen LogP) is 5.16. The zero-order valence-corrected chi connectivity index (χ0v) is 18.9. The summed E-state index contributed by atoms with van der Waals surface area (Å²) in [4.78, 5) is 38.5. The molecule has 2 amide bonds. The van der Waals surface area contributed by atoms with Crippen molar-refractivity contribution in [2.45, 2.75) is 6.92 Å². The van der Waals surface area contributed by atoms with Crippen LogP contribution in [-0.4, -0.2) is 42.3 Å². The molecule has 8 heteroatoms. The Hall–Kier alpha value is -3.78. The molecule has 0 aliphatic carbocycles. The topological polar surface area (TPSA) is 86.0 Å². The first kappa shape index (κ1) is 22.4. The molecule has 2 heterocycles. The molecule has 0 spiro atoms. The van der Waals surface area contributed by atoms with Crippen molar-refractivity contribution in [3.8, 4) is 17.1 Å². The standard InChI is InChI=1S/C25H21NO6S/c1-16-6-5-7-17(14-16)31-13-12-26-23(27)22(33-25(26)29)15-18-10-11-21(32-18)19-8-3-4-9-20(19)24(28)30-2/h3-11,14-15H,12-13H2,1-2H3/b22-15-. The summed E-state index contributed by atoms with van der Waals surface area (Å²) in [7, 11) is 1.31. The molecule has 1 aromatic heterocycles. The highest BCUT2D eigenvalue weighted by molar-refractivity contribution is 8.18. The Labute approximate surface area is 195 Å². The van der Waals surface area contributed by atoms with Gasteiger partial charge in [0.15, 0.2) is 0 Å². The van der Waals surface area contributed by atoms with Crippen molar-refractivity contribution in [3.05, 3.63) is 82.5 Å². The van der Waals surface area contributed by atoms with Crippen molar-refractivity contribution >= 4 is 35.0 Å². The van der Waals surface area contributed by atoms with Crippen LogP contribution in [0, 0.1) is 6.92 Å². The summed E-state index contributed by atoms with van der Waals surface area (Å²) in [5.74, 6) is 0.662. The molecule has 168 valence electrons. The van der Waals surface area contributed by atoms with Crippen molar-refractivity contribution < 1.29 is 28.3 Å². The third kappa shape index (κ3) is 5.01. The molecule has 2 aromatic carbocycles. The van der Waals surface area contributed by atoms with E-state index < -0.39 is 11.9 Å². The SMILES string of the molecule is COC(=O)c1ccccc1-c1ccc(/C=C2\SC(=O)N(CCOc3cccc(C)c3)C2=O)o1. The van der Waals surface area contributed by atoms with Crippen LogP contribution in [0.3, 0.4) is 0 Å². The maximum Gasteiger partial charge on any atom is 0.338 e. The minimum atomic E-state index is -0.474. The summed E-state index contributed by atoms with van der Waals surface area (Å²) >= 11 is 0.851. The van der Waals surface area contributed by atoms with Gasteiger partial charge in [0.2, 0.25) is 0 Å². The summed E-state index contributed by atoms with van der Waals surface area (Å²) < 4.78 is 16.3. The first-order valence-corrected chi connectivity index (χ1v) is 11.0. The molecule has 0 N–H and O–H groups in total. The van der Waals surface area contributed by atoms with Crippen molar-refractivity contribution in [3.63, 3.8) is 0 Å². The second kappa shape index (κ2) is 9.79. The Morgan fingerprint density at radius 3 is 2.70 bits per heavy atom. The zero-order valence-electron chi connectivity index (χ0n) is 18.1. The van der Waals surface area contributed by atoms with Gasteiger partial charge in [-0.3, -0.25) is 14.5 Å². The highest BCUT2D eigenvalue weighted by Gasteiger charge is 2.35. The van der Waals surface area contributed by atoms with Crippen LogP contribution in [0.1, 0.15) is 21.7 Å². The first-order valence-electron chi connectivity index (χ1n) is 10.2. The number of methoxy groups -OCH3 is 1. The molecular formula is C25H21NO6S. The number of thioether (sulfide) groups is 1. The van der Waals surface area contributed by atoms with Crippen molar-refractivity contribution in [1.82, 2.24) is 4.90 Å². The Kier molecular flexibility index (Phi) is 6.65. The first-order chi connectivity index (χ1) is 16.0. The quantitative estimate of drug-likeness (QED) is 0.353. The number of hydrogen-bond donors (Lipinski definition) is 0. The molecule has 33 heavy (non-hydrogen) atoms. The molecule has 0 radical (unpaired) electrons. The minimum absolute atomic E-state index is 0.145. The number of ether oxygens (including phenoxy) is 2. The van der Waals surface area contributed by atoms with Crippen molar-refractivity contribution in [2.75, 3.05) is 20.3 Å². The van der Waals surface area contributed by atoms with Gasteiger partial charge in [0.25, 0.3) is 11.1 Å². The molecule has 1 fully saturated rings. The Morgan fingerprint density at radius 2 is 1.91 bits per heavy atom. The Balaban J connectivity index is 1.45. The highest BCUT2D eigenvalue weighted by atomic mass is 32.2. The fraction of sp³-hybridized carbons (Fsp3) is 0.160. The number of esters is 1. The van der Waals surface area contributed by atoms with Crippen LogP contribution in [0.4, 0.5) is 4.79 Å². The second-order valence-corrected chi connectivity index (χ2v) is 8.23. The molecule has 7 nitrogen and oxygen atoms in total. The molecule has 0 saturated carbocycles. The summed E-state index contributed by atoms with van der Waals surface area (Å²) in [6.07, 6.45) is 1.52. The van der Waals surface area contributed by atoms with Crippen LogP contribution < -0.4 is 4.74 Å². The van der Waals surface area contributed by atoms with Gasteiger partial charge in [-0.25, -0.2) is 4.79 Å². The van der Waals surface area contributed by atoms with Gasteiger partial charge >= 0.3 is 5.97 Å². The Morgan fingerprint density at radius 1 is 1.09 bits per heavy atom. The maximum atomic E-state index is 12.7. The van der Waals surface area contributed by atoms with Gasteiger partial charge in [0.1, 0.15) is 23.9 Å². The van der Waals surface area contributed by atoms with Crippen molar-refractivity contribution in [2.24, 2.45) is 0 Å². The highest BCUT2D eigenvalue weighted by Crippen LogP contribution is 2.34. The molecule has 3 aromatic rings. The molecule has 4 rings (SSSR count). The van der Waals surface area contributed by atoms with E-state index in [1.54, 1.807) is 36.4 Å². The van der Waals surface area contributed by atoms with E-state index in [0.717, 1.165) is 22.2 Å². The summed E-state index contributed by atoms with van der Waals surface area (Å²) in [6, 6.07) is 17.9. The lowest BCUT2D eigenvalue weighted by molar-refractivity contribution is -0.123. The summed E-state index contributed by atoms with van der Waals surface area (Å²) in [6.45, 7) is 2.30. The van der Waals surface area contributed by atoms with Crippen LogP contribution in [-0.2, 0) is 9.53 Å². The lowest BCUT2D eigenvalue weighted by Gasteiger charge is -2.13. The van der Waals surface area contributed by atoms with E-state index in [1.807, 2.05) is 31.2 Å². The number of imide groups is 1. The smallest absolute Gasteiger partial charge is 0.338 e. The molecule has 0 bridgehead atoms. The van der Waals surface area contributed by atoms with Crippen LogP contribution in [0.2, 0.25) is 0 Å². The van der Waals surface area contributed by atoms with E-state index in [9.17, 15) is 14.4 Å². The van der Waals surface area contributed by atoms with E-state index in [2.05, 4.69) is 0 Å². The van der Waals surface area contributed by atoms with Crippen LogP contribution in [0.25, 0.3) is 17.4 Å². The molecule has 1 aliphatic heterocycles. The van der Waals surface area contributed by atoms with Crippen LogP contribution in [0.5, 0.6) is 5.75 Å². The summed E-state index contributed by atoms with van der Waals surface area (Å²) in [5.41, 5.74) is 2.01. The Bertz CT molecular complexity index is 1240. The number of furan rings is 1. The van der Waals surface area contributed by atoms with Gasteiger partial charge in [0, 0.05) is 11.6 Å². The minimum Gasteiger partial charge on any atom is -0.492 e. The number of carbonyl (C=O) groups is 3. The molecule has 0 unspecified atom stereocenters.